The van der Waals surface area contributed by atoms with Crippen LogP contribution in [0.3, 0.4) is 0 Å². The number of hydrogen-bond donors (Lipinski definition) is 2. The predicted octanol–water partition coefficient (Wildman–Crippen LogP) is 3.12. The SMILES string of the molecule is OCC1(CNCc2cc(Cl)ccc2F)CCCC1. The van der Waals surface area contributed by atoms with E-state index < -0.39 is 0 Å². The largest absolute Gasteiger partial charge is 0.396 e. The summed E-state index contributed by atoms with van der Waals surface area (Å²) >= 11 is 5.84. The molecule has 0 saturated heterocycles. The van der Waals surface area contributed by atoms with Crippen LogP contribution in [0.5, 0.6) is 0 Å². The Bertz CT molecular complexity index is 405. The molecular formula is C14H19ClFNO. The number of benzene rings is 1. The van der Waals surface area contributed by atoms with E-state index in [-0.39, 0.29) is 17.8 Å². The van der Waals surface area contributed by atoms with Crippen molar-refractivity contribution in [3.63, 3.8) is 0 Å². The first kappa shape index (κ1) is 13.8. The van der Waals surface area contributed by atoms with E-state index in [9.17, 15) is 9.50 Å². The number of hydrogen-bond acceptors (Lipinski definition) is 2. The van der Waals surface area contributed by atoms with Gasteiger partial charge in [0.2, 0.25) is 0 Å². The number of aliphatic hydroxyl groups excluding tert-OH is 1. The van der Waals surface area contributed by atoms with Crippen LogP contribution in [0, 0.1) is 11.2 Å². The van der Waals surface area contributed by atoms with Crippen LogP contribution in [0.2, 0.25) is 5.02 Å². The van der Waals surface area contributed by atoms with Gasteiger partial charge in [0.05, 0.1) is 0 Å². The average Bonchev–Trinajstić information content (AvgIpc) is 2.83. The van der Waals surface area contributed by atoms with Crippen molar-refractivity contribution in [2.24, 2.45) is 5.41 Å². The Kier molecular flexibility index (Phi) is 4.60. The van der Waals surface area contributed by atoms with Crippen LogP contribution < -0.4 is 5.32 Å². The molecule has 0 aliphatic heterocycles. The second-order valence-electron chi connectivity index (χ2n) is 5.20. The Morgan fingerprint density at radius 3 is 2.72 bits per heavy atom. The molecule has 1 fully saturated rings. The fourth-order valence-corrected chi connectivity index (χ4v) is 2.85. The van der Waals surface area contributed by atoms with E-state index in [0.717, 1.165) is 19.4 Å². The third-order valence-corrected chi connectivity index (χ3v) is 4.06. The van der Waals surface area contributed by atoms with Gasteiger partial charge in [-0.1, -0.05) is 24.4 Å². The second-order valence-corrected chi connectivity index (χ2v) is 5.64. The lowest BCUT2D eigenvalue weighted by Gasteiger charge is -2.26. The Hall–Kier alpha value is -0.640. The smallest absolute Gasteiger partial charge is 0.127 e. The highest BCUT2D eigenvalue weighted by atomic mass is 35.5. The van der Waals surface area contributed by atoms with E-state index >= 15 is 0 Å². The lowest BCUT2D eigenvalue weighted by Crippen LogP contribution is -2.35. The monoisotopic (exact) mass is 271 g/mol. The van der Waals surface area contributed by atoms with Gasteiger partial charge in [-0.05, 0) is 31.0 Å². The average molecular weight is 272 g/mol. The summed E-state index contributed by atoms with van der Waals surface area (Å²) < 4.78 is 13.5. The van der Waals surface area contributed by atoms with Crippen LogP contribution in [0.4, 0.5) is 4.39 Å². The summed E-state index contributed by atoms with van der Waals surface area (Å²) in [5.41, 5.74) is 0.572. The van der Waals surface area contributed by atoms with Crippen molar-refractivity contribution in [1.29, 1.82) is 0 Å². The van der Waals surface area contributed by atoms with Gasteiger partial charge in [-0.25, -0.2) is 4.39 Å². The predicted molar refractivity (Wildman–Crippen MR) is 71.1 cm³/mol. The maximum absolute atomic E-state index is 13.5. The van der Waals surface area contributed by atoms with Crippen molar-refractivity contribution >= 4 is 11.6 Å². The zero-order valence-corrected chi connectivity index (χ0v) is 11.1. The summed E-state index contributed by atoms with van der Waals surface area (Å²) in [7, 11) is 0. The molecule has 2 nitrogen and oxygen atoms in total. The molecule has 0 heterocycles. The van der Waals surface area contributed by atoms with Crippen molar-refractivity contribution in [1.82, 2.24) is 5.32 Å². The van der Waals surface area contributed by atoms with E-state index in [1.54, 1.807) is 12.1 Å². The van der Waals surface area contributed by atoms with Gasteiger partial charge in [0.25, 0.3) is 0 Å². The summed E-state index contributed by atoms with van der Waals surface area (Å²) in [4.78, 5) is 0. The molecule has 0 atom stereocenters. The molecule has 18 heavy (non-hydrogen) atoms. The molecular weight excluding hydrogens is 253 g/mol. The standard InChI is InChI=1S/C14H19ClFNO/c15-12-3-4-13(16)11(7-12)8-17-9-14(10-18)5-1-2-6-14/h3-4,7,17-18H,1-2,5-6,8-10H2. The molecule has 2 N–H and O–H groups in total. The number of nitrogens with one attached hydrogen (secondary N) is 1. The van der Waals surface area contributed by atoms with Gasteiger partial charge < -0.3 is 10.4 Å². The molecule has 1 aliphatic rings. The van der Waals surface area contributed by atoms with Crippen molar-refractivity contribution < 1.29 is 9.50 Å². The minimum absolute atomic E-state index is 0.00491. The Balaban J connectivity index is 1.89. The van der Waals surface area contributed by atoms with Gasteiger partial charge in [-0.3, -0.25) is 0 Å². The molecule has 2 rings (SSSR count). The molecule has 1 saturated carbocycles. The summed E-state index contributed by atoms with van der Waals surface area (Å²) in [6.07, 6.45) is 4.45. The van der Waals surface area contributed by atoms with Crippen LogP contribution in [-0.2, 0) is 6.54 Å². The van der Waals surface area contributed by atoms with E-state index in [0.29, 0.717) is 17.1 Å². The van der Waals surface area contributed by atoms with Gasteiger partial charge in [0.1, 0.15) is 5.82 Å². The minimum Gasteiger partial charge on any atom is -0.396 e. The molecule has 100 valence electrons. The lowest BCUT2D eigenvalue weighted by molar-refractivity contribution is 0.128. The maximum Gasteiger partial charge on any atom is 0.127 e. The summed E-state index contributed by atoms with van der Waals surface area (Å²) in [5.74, 6) is -0.239. The topological polar surface area (TPSA) is 32.3 Å². The highest BCUT2D eigenvalue weighted by Crippen LogP contribution is 2.36. The third-order valence-electron chi connectivity index (χ3n) is 3.82. The van der Waals surface area contributed by atoms with Gasteiger partial charge in [-0.15, -0.1) is 0 Å². The first-order chi connectivity index (χ1) is 8.65. The van der Waals surface area contributed by atoms with E-state index in [4.69, 9.17) is 11.6 Å². The summed E-state index contributed by atoms with van der Waals surface area (Å²) in [6.45, 7) is 1.39. The molecule has 4 heteroatoms. The van der Waals surface area contributed by atoms with Crippen molar-refractivity contribution in [3.05, 3.63) is 34.6 Å². The molecule has 0 unspecified atom stereocenters. The van der Waals surface area contributed by atoms with Crippen molar-refractivity contribution in [3.8, 4) is 0 Å². The van der Waals surface area contributed by atoms with E-state index in [2.05, 4.69) is 5.32 Å². The first-order valence-corrected chi connectivity index (χ1v) is 6.79. The lowest BCUT2D eigenvalue weighted by atomic mass is 9.87. The van der Waals surface area contributed by atoms with Crippen LogP contribution in [0.25, 0.3) is 0 Å². The quantitative estimate of drug-likeness (QED) is 0.862. The zero-order valence-electron chi connectivity index (χ0n) is 10.4. The normalized spacial score (nSPS) is 18.2. The van der Waals surface area contributed by atoms with Gasteiger partial charge in [0.15, 0.2) is 0 Å². The third kappa shape index (κ3) is 3.22. The molecule has 1 aromatic rings. The van der Waals surface area contributed by atoms with Crippen LogP contribution in [0.15, 0.2) is 18.2 Å². The number of halogens is 2. The highest BCUT2D eigenvalue weighted by molar-refractivity contribution is 6.30. The van der Waals surface area contributed by atoms with Crippen molar-refractivity contribution in [2.45, 2.75) is 32.2 Å². The molecule has 0 aromatic heterocycles. The van der Waals surface area contributed by atoms with Gasteiger partial charge in [-0.2, -0.15) is 0 Å². The van der Waals surface area contributed by atoms with E-state index in [1.807, 2.05) is 0 Å². The summed E-state index contributed by atoms with van der Waals surface area (Å²) in [6, 6.07) is 4.58. The number of rotatable bonds is 5. The first-order valence-electron chi connectivity index (χ1n) is 6.41. The van der Waals surface area contributed by atoms with E-state index in [1.165, 1.54) is 18.9 Å². The zero-order chi connectivity index (χ0) is 13.0. The molecule has 1 aromatic carbocycles. The van der Waals surface area contributed by atoms with Crippen LogP contribution >= 0.6 is 11.6 Å². The Morgan fingerprint density at radius 2 is 2.06 bits per heavy atom. The molecule has 0 radical (unpaired) electrons. The van der Waals surface area contributed by atoms with Crippen LogP contribution in [-0.4, -0.2) is 18.3 Å². The molecule has 0 spiro atoms. The van der Waals surface area contributed by atoms with Gasteiger partial charge in [0, 0.05) is 35.7 Å². The molecule has 0 amide bonds. The Labute approximate surface area is 112 Å². The van der Waals surface area contributed by atoms with Gasteiger partial charge >= 0.3 is 0 Å². The van der Waals surface area contributed by atoms with Crippen LogP contribution in [0.1, 0.15) is 31.2 Å². The number of aliphatic hydroxyl groups is 1. The van der Waals surface area contributed by atoms with Crippen molar-refractivity contribution in [2.75, 3.05) is 13.2 Å². The fourth-order valence-electron chi connectivity index (χ4n) is 2.66. The highest BCUT2D eigenvalue weighted by Gasteiger charge is 2.32. The molecule has 0 bridgehead atoms. The maximum atomic E-state index is 13.5. The fraction of sp³-hybridized carbons (Fsp3) is 0.571. The Morgan fingerprint density at radius 1 is 1.33 bits per heavy atom. The second kappa shape index (κ2) is 6.00. The summed E-state index contributed by atoms with van der Waals surface area (Å²) in [5, 5.41) is 13.3. The minimum atomic E-state index is -0.239. The molecule has 1 aliphatic carbocycles.